The molecule has 1 aromatic rings. The van der Waals surface area contributed by atoms with Gasteiger partial charge in [-0.15, -0.1) is 0 Å². The fraction of sp³-hybridized carbons (Fsp3) is 0.455. The van der Waals surface area contributed by atoms with E-state index in [9.17, 15) is 0 Å². The van der Waals surface area contributed by atoms with Crippen molar-refractivity contribution in [1.29, 1.82) is 0 Å². The molecule has 0 spiro atoms. The highest BCUT2D eigenvalue weighted by Crippen LogP contribution is 2.28. The van der Waals surface area contributed by atoms with Gasteiger partial charge in [0, 0.05) is 11.6 Å². The lowest BCUT2D eigenvalue weighted by molar-refractivity contribution is 0.159. The van der Waals surface area contributed by atoms with E-state index in [0.29, 0.717) is 11.4 Å². The smallest absolute Gasteiger partial charge is 0.117 e. The van der Waals surface area contributed by atoms with Crippen LogP contribution in [0.15, 0.2) is 18.2 Å². The van der Waals surface area contributed by atoms with Crippen LogP contribution in [0.25, 0.3) is 0 Å². The van der Waals surface area contributed by atoms with Gasteiger partial charge in [0.1, 0.15) is 5.75 Å². The van der Waals surface area contributed by atoms with Gasteiger partial charge < -0.3 is 10.2 Å². The van der Waals surface area contributed by atoms with Gasteiger partial charge in [-0.3, -0.25) is 0 Å². The third-order valence-electron chi connectivity index (χ3n) is 2.13. The van der Waals surface area contributed by atoms with Crippen molar-refractivity contribution in [3.8, 4) is 5.75 Å². The Labute approximate surface area is 89.1 Å². The number of benzene rings is 1. The van der Waals surface area contributed by atoms with Crippen LogP contribution < -0.4 is 0 Å². The summed E-state index contributed by atoms with van der Waals surface area (Å²) in [6.45, 7) is 4.05. The molecule has 0 bridgehead atoms. The normalized spacial score (nSPS) is 11.7. The number of hydrogen-bond donors (Lipinski definition) is 2. The fourth-order valence-corrected chi connectivity index (χ4v) is 1.49. The van der Waals surface area contributed by atoms with Gasteiger partial charge in [-0.05, 0) is 29.5 Å². The highest BCUT2D eigenvalue weighted by Gasteiger charge is 2.18. The number of aliphatic hydroxyl groups excluding tert-OH is 1. The average Bonchev–Trinajstić information content (AvgIpc) is 2.10. The number of aliphatic hydroxyl groups is 1. The fourth-order valence-electron chi connectivity index (χ4n) is 1.25. The second-order valence-electron chi connectivity index (χ2n) is 4.27. The minimum Gasteiger partial charge on any atom is -0.508 e. The Balaban J connectivity index is 2.87. The van der Waals surface area contributed by atoms with Crippen LogP contribution in [0.4, 0.5) is 0 Å². The van der Waals surface area contributed by atoms with Crippen LogP contribution in [0.3, 0.4) is 0 Å². The maximum absolute atomic E-state index is 9.16. The summed E-state index contributed by atoms with van der Waals surface area (Å²) < 4.78 is 0. The standard InChI is InChI=1S/C11H15ClO2/c1-11(2,7-13)6-8-3-4-9(14)5-10(8)12/h3-5,13-14H,6-7H2,1-2H3. The van der Waals surface area contributed by atoms with Gasteiger partial charge in [0.25, 0.3) is 0 Å². The van der Waals surface area contributed by atoms with E-state index in [-0.39, 0.29) is 17.8 Å². The zero-order chi connectivity index (χ0) is 10.8. The summed E-state index contributed by atoms with van der Waals surface area (Å²) in [6.07, 6.45) is 0.697. The molecule has 2 N–H and O–H groups in total. The predicted molar refractivity (Wildman–Crippen MR) is 57.7 cm³/mol. The summed E-state index contributed by atoms with van der Waals surface area (Å²) in [7, 11) is 0. The van der Waals surface area contributed by atoms with Crippen LogP contribution in [0.2, 0.25) is 5.02 Å². The van der Waals surface area contributed by atoms with Crippen molar-refractivity contribution in [3.05, 3.63) is 28.8 Å². The Kier molecular flexibility index (Phi) is 3.40. The van der Waals surface area contributed by atoms with E-state index >= 15 is 0 Å². The molecular weight excluding hydrogens is 200 g/mol. The first-order chi connectivity index (χ1) is 6.44. The lowest BCUT2D eigenvalue weighted by atomic mass is 9.87. The van der Waals surface area contributed by atoms with Crippen molar-refractivity contribution >= 4 is 11.6 Å². The number of rotatable bonds is 3. The minimum atomic E-state index is -0.180. The van der Waals surface area contributed by atoms with Crippen molar-refractivity contribution in [2.45, 2.75) is 20.3 Å². The van der Waals surface area contributed by atoms with Crippen molar-refractivity contribution in [2.24, 2.45) is 5.41 Å². The number of phenolic OH excluding ortho intramolecular Hbond substituents is 1. The molecule has 0 atom stereocenters. The Morgan fingerprint density at radius 3 is 2.50 bits per heavy atom. The third kappa shape index (κ3) is 2.89. The van der Waals surface area contributed by atoms with E-state index in [1.54, 1.807) is 12.1 Å². The summed E-state index contributed by atoms with van der Waals surface area (Å²) in [6, 6.07) is 4.91. The van der Waals surface area contributed by atoms with Gasteiger partial charge in [-0.1, -0.05) is 31.5 Å². The highest BCUT2D eigenvalue weighted by molar-refractivity contribution is 6.31. The molecule has 1 aromatic carbocycles. The number of hydrogen-bond acceptors (Lipinski definition) is 2. The molecule has 14 heavy (non-hydrogen) atoms. The molecule has 0 saturated carbocycles. The number of halogens is 1. The quantitative estimate of drug-likeness (QED) is 0.812. The summed E-state index contributed by atoms with van der Waals surface area (Å²) in [5.41, 5.74) is 0.768. The average molecular weight is 215 g/mol. The van der Waals surface area contributed by atoms with Crippen molar-refractivity contribution in [3.63, 3.8) is 0 Å². The zero-order valence-corrected chi connectivity index (χ0v) is 9.17. The first-order valence-electron chi connectivity index (χ1n) is 4.53. The Bertz CT molecular complexity index is 321. The van der Waals surface area contributed by atoms with E-state index < -0.39 is 0 Å². The summed E-state index contributed by atoms with van der Waals surface area (Å²) in [5.74, 6) is 0.167. The predicted octanol–water partition coefficient (Wildman–Crippen LogP) is 2.61. The molecular formula is C11H15ClO2. The van der Waals surface area contributed by atoms with E-state index in [2.05, 4.69) is 0 Å². The Morgan fingerprint density at radius 2 is 2.00 bits per heavy atom. The molecule has 0 radical (unpaired) electrons. The molecule has 0 aromatic heterocycles. The van der Waals surface area contributed by atoms with Gasteiger partial charge in [-0.2, -0.15) is 0 Å². The second-order valence-corrected chi connectivity index (χ2v) is 4.68. The molecule has 0 aliphatic rings. The first kappa shape index (κ1) is 11.3. The number of phenols is 1. The molecule has 0 heterocycles. The second kappa shape index (κ2) is 4.20. The van der Waals surface area contributed by atoms with Crippen LogP contribution in [-0.4, -0.2) is 16.8 Å². The van der Waals surface area contributed by atoms with E-state index in [1.807, 2.05) is 13.8 Å². The van der Waals surface area contributed by atoms with Gasteiger partial charge in [0.2, 0.25) is 0 Å². The molecule has 2 nitrogen and oxygen atoms in total. The minimum absolute atomic E-state index is 0.115. The van der Waals surface area contributed by atoms with Crippen molar-refractivity contribution in [2.75, 3.05) is 6.61 Å². The SMILES string of the molecule is CC(C)(CO)Cc1ccc(O)cc1Cl. The molecule has 0 unspecified atom stereocenters. The first-order valence-corrected chi connectivity index (χ1v) is 4.91. The van der Waals surface area contributed by atoms with E-state index in [1.165, 1.54) is 6.07 Å². The summed E-state index contributed by atoms with van der Waals surface area (Å²) >= 11 is 5.95. The van der Waals surface area contributed by atoms with E-state index in [4.69, 9.17) is 21.8 Å². The summed E-state index contributed by atoms with van der Waals surface area (Å²) in [4.78, 5) is 0. The van der Waals surface area contributed by atoms with Gasteiger partial charge in [-0.25, -0.2) is 0 Å². The van der Waals surface area contributed by atoms with Crippen LogP contribution in [-0.2, 0) is 6.42 Å². The maximum Gasteiger partial charge on any atom is 0.117 e. The topological polar surface area (TPSA) is 40.5 Å². The molecule has 3 heteroatoms. The van der Waals surface area contributed by atoms with Gasteiger partial charge in [0.05, 0.1) is 0 Å². The molecule has 1 rings (SSSR count). The van der Waals surface area contributed by atoms with Gasteiger partial charge >= 0.3 is 0 Å². The van der Waals surface area contributed by atoms with Crippen LogP contribution in [0, 0.1) is 5.41 Å². The summed E-state index contributed by atoms with van der Waals surface area (Å²) in [5, 5.41) is 18.8. The van der Waals surface area contributed by atoms with Crippen molar-refractivity contribution < 1.29 is 10.2 Å². The highest BCUT2D eigenvalue weighted by atomic mass is 35.5. The molecule has 0 aliphatic carbocycles. The van der Waals surface area contributed by atoms with Gasteiger partial charge in [0.15, 0.2) is 0 Å². The molecule has 78 valence electrons. The van der Waals surface area contributed by atoms with Crippen LogP contribution in [0.5, 0.6) is 5.75 Å². The molecule has 0 fully saturated rings. The monoisotopic (exact) mass is 214 g/mol. The molecule has 0 amide bonds. The Hall–Kier alpha value is -0.730. The van der Waals surface area contributed by atoms with E-state index in [0.717, 1.165) is 5.56 Å². The van der Waals surface area contributed by atoms with Crippen LogP contribution >= 0.6 is 11.6 Å². The molecule has 0 saturated heterocycles. The number of aromatic hydroxyl groups is 1. The van der Waals surface area contributed by atoms with Crippen LogP contribution in [0.1, 0.15) is 19.4 Å². The van der Waals surface area contributed by atoms with Crippen molar-refractivity contribution in [1.82, 2.24) is 0 Å². The Morgan fingerprint density at radius 1 is 1.36 bits per heavy atom. The maximum atomic E-state index is 9.16. The zero-order valence-electron chi connectivity index (χ0n) is 8.42. The lowest BCUT2D eigenvalue weighted by Crippen LogP contribution is -2.19. The molecule has 0 aliphatic heterocycles. The third-order valence-corrected chi connectivity index (χ3v) is 2.49. The lowest BCUT2D eigenvalue weighted by Gasteiger charge is -2.22. The largest absolute Gasteiger partial charge is 0.508 e.